The van der Waals surface area contributed by atoms with Crippen molar-refractivity contribution in [1.82, 2.24) is 9.78 Å². The third-order valence-electron chi connectivity index (χ3n) is 4.23. The summed E-state index contributed by atoms with van der Waals surface area (Å²) in [4.78, 5) is -0.163. The second kappa shape index (κ2) is 6.23. The van der Waals surface area contributed by atoms with Gasteiger partial charge in [0, 0.05) is 16.1 Å². The molecular weight excluding hydrogens is 419 g/mol. The highest BCUT2D eigenvalue weighted by Crippen LogP contribution is 2.44. The van der Waals surface area contributed by atoms with Gasteiger partial charge in [-0.2, -0.15) is 18.3 Å². The minimum atomic E-state index is -4.69. The summed E-state index contributed by atoms with van der Waals surface area (Å²) in [6.07, 6.45) is -4.69. The van der Waals surface area contributed by atoms with Crippen LogP contribution in [0.5, 0.6) is 5.75 Å². The molecule has 1 aliphatic heterocycles. The summed E-state index contributed by atoms with van der Waals surface area (Å²) < 4.78 is 70.0. The maximum atomic E-state index is 13.5. The molecule has 0 atom stereocenters. The maximum Gasteiger partial charge on any atom is 0.435 e. The first-order chi connectivity index (χ1) is 13.1. The normalized spacial score (nSPS) is 13.6. The number of fused-ring (bicyclic) bond motifs is 3. The zero-order valence-corrected chi connectivity index (χ0v) is 15.4. The van der Waals surface area contributed by atoms with Crippen molar-refractivity contribution in [2.24, 2.45) is 5.14 Å². The average Bonchev–Trinajstić information content (AvgIpc) is 3.01. The summed E-state index contributed by atoms with van der Waals surface area (Å²) in [5.74, 6) is 0.330. The molecule has 11 heteroatoms. The molecule has 2 aromatic carbocycles. The van der Waals surface area contributed by atoms with Gasteiger partial charge in [0.15, 0.2) is 5.69 Å². The van der Waals surface area contributed by atoms with Crippen molar-refractivity contribution in [3.05, 3.63) is 58.7 Å². The van der Waals surface area contributed by atoms with Crippen molar-refractivity contribution in [3.63, 3.8) is 0 Å². The average molecular weight is 430 g/mol. The smallest absolute Gasteiger partial charge is 0.435 e. The first-order valence-electron chi connectivity index (χ1n) is 7.81. The van der Waals surface area contributed by atoms with Crippen LogP contribution in [0.3, 0.4) is 0 Å². The number of nitrogens with zero attached hydrogens (tertiary/aromatic N) is 2. The minimum absolute atomic E-state index is 0.113. The molecular formula is C17H11ClF3N3O3S. The topological polar surface area (TPSA) is 87.2 Å². The van der Waals surface area contributed by atoms with Gasteiger partial charge >= 0.3 is 6.18 Å². The van der Waals surface area contributed by atoms with E-state index < -0.39 is 21.9 Å². The summed E-state index contributed by atoms with van der Waals surface area (Å²) in [7, 11) is -3.93. The maximum absolute atomic E-state index is 13.5. The molecule has 1 aliphatic rings. The largest absolute Gasteiger partial charge is 0.488 e. The molecule has 0 amide bonds. The number of benzene rings is 2. The fourth-order valence-electron chi connectivity index (χ4n) is 3.02. The Labute approximate surface area is 162 Å². The summed E-state index contributed by atoms with van der Waals surface area (Å²) in [5.41, 5.74) is -0.351. The van der Waals surface area contributed by atoms with E-state index in [1.54, 1.807) is 6.07 Å². The van der Waals surface area contributed by atoms with Crippen molar-refractivity contribution < 1.29 is 26.3 Å². The number of aromatic nitrogens is 2. The number of nitrogens with two attached hydrogens (primary N) is 1. The van der Waals surface area contributed by atoms with Crippen molar-refractivity contribution >= 4 is 21.6 Å². The van der Waals surface area contributed by atoms with Gasteiger partial charge in [0.1, 0.15) is 12.4 Å². The molecule has 0 fully saturated rings. The van der Waals surface area contributed by atoms with Crippen LogP contribution in [0.25, 0.3) is 16.9 Å². The Morgan fingerprint density at radius 2 is 1.82 bits per heavy atom. The van der Waals surface area contributed by atoms with Gasteiger partial charge < -0.3 is 4.74 Å². The van der Waals surface area contributed by atoms with Crippen LogP contribution in [0.4, 0.5) is 13.2 Å². The molecule has 0 bridgehead atoms. The number of hydrogen-bond acceptors (Lipinski definition) is 4. The lowest BCUT2D eigenvalue weighted by molar-refractivity contribution is -0.142. The van der Waals surface area contributed by atoms with E-state index in [4.69, 9.17) is 21.5 Å². The lowest BCUT2D eigenvalue weighted by Gasteiger charge is -2.20. The second-order valence-corrected chi connectivity index (χ2v) is 8.05. The van der Waals surface area contributed by atoms with Crippen LogP contribution < -0.4 is 9.88 Å². The highest BCUT2D eigenvalue weighted by molar-refractivity contribution is 7.89. The molecule has 0 spiro atoms. The summed E-state index contributed by atoms with van der Waals surface area (Å²) in [5, 5.41) is 9.19. The van der Waals surface area contributed by atoms with Crippen molar-refractivity contribution in [2.45, 2.75) is 17.7 Å². The number of alkyl halides is 3. The van der Waals surface area contributed by atoms with Gasteiger partial charge in [-0.25, -0.2) is 18.2 Å². The molecule has 28 heavy (non-hydrogen) atoms. The second-order valence-electron chi connectivity index (χ2n) is 6.05. The van der Waals surface area contributed by atoms with E-state index in [1.807, 2.05) is 0 Å². The zero-order chi connectivity index (χ0) is 20.3. The van der Waals surface area contributed by atoms with Gasteiger partial charge in [0.05, 0.1) is 16.3 Å². The van der Waals surface area contributed by atoms with Crippen LogP contribution in [-0.4, -0.2) is 18.2 Å². The molecule has 0 aliphatic carbocycles. The number of halogens is 4. The summed E-state index contributed by atoms with van der Waals surface area (Å²) in [6, 6.07) is 9.66. The standard InChI is InChI=1S/C17H11ClF3N3O3S/c18-9-1-6-12-14(7-9)27-8-13-15(12)24(23-16(13)17(19,20)21)10-2-4-11(5-3-10)28(22,25)26/h1-7H,8H2,(H2,22,25,26). The Hall–Kier alpha value is -2.56. The van der Waals surface area contributed by atoms with Crippen LogP contribution >= 0.6 is 11.6 Å². The summed E-state index contributed by atoms with van der Waals surface area (Å²) >= 11 is 5.95. The SMILES string of the molecule is NS(=O)(=O)c1ccc(-n2nc(C(F)(F)F)c3c2-c2ccc(Cl)cc2OC3)cc1. The first-order valence-corrected chi connectivity index (χ1v) is 9.73. The van der Waals surface area contributed by atoms with Gasteiger partial charge in [-0.15, -0.1) is 0 Å². The molecule has 0 saturated carbocycles. The third-order valence-corrected chi connectivity index (χ3v) is 5.40. The molecule has 0 saturated heterocycles. The fraction of sp³-hybridized carbons (Fsp3) is 0.118. The number of ether oxygens (including phenoxy) is 1. The zero-order valence-electron chi connectivity index (χ0n) is 13.9. The van der Waals surface area contributed by atoms with E-state index in [0.717, 1.165) is 4.68 Å². The lowest BCUT2D eigenvalue weighted by Crippen LogP contribution is -2.12. The molecule has 4 rings (SSSR count). The Morgan fingerprint density at radius 3 is 2.43 bits per heavy atom. The molecule has 1 aromatic heterocycles. The number of sulfonamides is 1. The summed E-state index contributed by atoms with van der Waals surface area (Å²) in [6.45, 7) is -0.327. The monoisotopic (exact) mass is 429 g/mol. The number of hydrogen-bond donors (Lipinski definition) is 1. The highest BCUT2D eigenvalue weighted by Gasteiger charge is 2.41. The minimum Gasteiger partial charge on any atom is -0.488 e. The van der Waals surface area contributed by atoms with E-state index >= 15 is 0 Å². The highest BCUT2D eigenvalue weighted by atomic mass is 35.5. The molecule has 0 unspecified atom stereocenters. The van der Waals surface area contributed by atoms with Gasteiger partial charge in [0.2, 0.25) is 10.0 Å². The van der Waals surface area contributed by atoms with E-state index in [1.165, 1.54) is 36.4 Å². The van der Waals surface area contributed by atoms with Gasteiger partial charge in [0.25, 0.3) is 0 Å². The van der Waals surface area contributed by atoms with Gasteiger partial charge in [-0.1, -0.05) is 11.6 Å². The Bertz CT molecular complexity index is 1190. The predicted octanol–water partition coefficient (Wildman–Crippen LogP) is 3.75. The van der Waals surface area contributed by atoms with Crippen molar-refractivity contribution in [2.75, 3.05) is 0 Å². The Balaban J connectivity index is 1.96. The van der Waals surface area contributed by atoms with Crippen LogP contribution in [0.15, 0.2) is 47.4 Å². The number of primary sulfonamides is 1. The van der Waals surface area contributed by atoms with E-state index in [0.29, 0.717) is 16.3 Å². The first kappa shape index (κ1) is 18.8. The van der Waals surface area contributed by atoms with Crippen molar-refractivity contribution in [3.8, 4) is 22.7 Å². The quantitative estimate of drug-likeness (QED) is 0.672. The van der Waals surface area contributed by atoms with Gasteiger partial charge in [-0.05, 0) is 42.5 Å². The van der Waals surface area contributed by atoms with E-state index in [-0.39, 0.29) is 28.4 Å². The molecule has 6 nitrogen and oxygen atoms in total. The van der Waals surface area contributed by atoms with Gasteiger partial charge in [-0.3, -0.25) is 0 Å². The van der Waals surface area contributed by atoms with Crippen LogP contribution in [0, 0.1) is 0 Å². The van der Waals surface area contributed by atoms with Crippen molar-refractivity contribution in [1.29, 1.82) is 0 Å². The van der Waals surface area contributed by atoms with E-state index in [9.17, 15) is 21.6 Å². The fourth-order valence-corrected chi connectivity index (χ4v) is 3.69. The Morgan fingerprint density at radius 1 is 1.14 bits per heavy atom. The molecule has 0 radical (unpaired) electrons. The van der Waals surface area contributed by atoms with Crippen LogP contribution in [0.1, 0.15) is 11.3 Å². The van der Waals surface area contributed by atoms with Crippen LogP contribution in [-0.2, 0) is 22.8 Å². The molecule has 2 N–H and O–H groups in total. The number of rotatable bonds is 2. The molecule has 3 aromatic rings. The lowest BCUT2D eigenvalue weighted by atomic mass is 10.0. The molecule has 146 valence electrons. The van der Waals surface area contributed by atoms with Crippen LogP contribution in [0.2, 0.25) is 5.02 Å². The Kier molecular flexibility index (Phi) is 4.18. The predicted molar refractivity (Wildman–Crippen MR) is 94.7 cm³/mol. The van der Waals surface area contributed by atoms with E-state index in [2.05, 4.69) is 5.10 Å². The molecule has 2 heterocycles. The third kappa shape index (κ3) is 3.13.